The molecule has 0 spiro atoms. The predicted molar refractivity (Wildman–Crippen MR) is 81.7 cm³/mol. The van der Waals surface area contributed by atoms with Gasteiger partial charge in [-0.25, -0.2) is 0 Å². The van der Waals surface area contributed by atoms with Crippen molar-refractivity contribution in [1.29, 1.82) is 0 Å². The topological polar surface area (TPSA) is 47.6 Å². The van der Waals surface area contributed by atoms with Gasteiger partial charge in [0, 0.05) is 52.2 Å². The van der Waals surface area contributed by atoms with Crippen LogP contribution in [0.25, 0.3) is 0 Å². The summed E-state index contributed by atoms with van der Waals surface area (Å²) >= 11 is 0. The zero-order valence-electron chi connectivity index (χ0n) is 13.4. The summed E-state index contributed by atoms with van der Waals surface area (Å²) in [4.78, 5) is 16.5. The summed E-state index contributed by atoms with van der Waals surface area (Å²) in [5.74, 6) is 1.34. The van der Waals surface area contributed by atoms with E-state index in [1.54, 1.807) is 4.90 Å². The molecule has 3 atom stereocenters. The van der Waals surface area contributed by atoms with Gasteiger partial charge in [0.1, 0.15) is 0 Å². The van der Waals surface area contributed by atoms with Gasteiger partial charge in [0.15, 0.2) is 0 Å². The smallest absolute Gasteiger partial charge is 0.239 e. The molecule has 2 saturated heterocycles. The number of hydrogen-bond donors (Lipinski definition) is 2. The van der Waals surface area contributed by atoms with Crippen molar-refractivity contribution >= 4 is 5.91 Å². The molecule has 2 fully saturated rings. The van der Waals surface area contributed by atoms with Crippen molar-refractivity contribution < 1.29 is 4.79 Å². The molecule has 1 amide bonds. The molecule has 2 N–H and O–H groups in total. The molecule has 0 aromatic heterocycles. The second-order valence-electron chi connectivity index (χ2n) is 6.83. The van der Waals surface area contributed by atoms with Crippen LogP contribution in [0.3, 0.4) is 0 Å². The van der Waals surface area contributed by atoms with Crippen molar-refractivity contribution in [1.82, 2.24) is 20.4 Å². The van der Waals surface area contributed by atoms with E-state index < -0.39 is 0 Å². The fourth-order valence-electron chi connectivity index (χ4n) is 3.52. The third kappa shape index (κ3) is 3.71. The first-order valence-corrected chi connectivity index (χ1v) is 7.89. The molecule has 0 bridgehead atoms. The summed E-state index contributed by atoms with van der Waals surface area (Å²) in [5.41, 5.74) is 0. The third-order valence-corrected chi connectivity index (χ3v) is 4.41. The van der Waals surface area contributed by atoms with E-state index >= 15 is 0 Å². The van der Waals surface area contributed by atoms with E-state index in [2.05, 4.69) is 29.4 Å². The highest BCUT2D eigenvalue weighted by molar-refractivity contribution is 5.82. The minimum Gasteiger partial charge on any atom is -0.347 e. The molecule has 0 aromatic carbocycles. The predicted octanol–water partition coefficient (Wildman–Crippen LogP) is -0.0175. The second-order valence-corrected chi connectivity index (χ2v) is 6.83. The molecule has 0 saturated carbocycles. The summed E-state index contributed by atoms with van der Waals surface area (Å²) < 4.78 is 0. The van der Waals surface area contributed by atoms with Crippen LogP contribution in [0.4, 0.5) is 0 Å². The zero-order chi connectivity index (χ0) is 14.7. The van der Waals surface area contributed by atoms with Crippen molar-refractivity contribution in [3.05, 3.63) is 0 Å². The average molecular weight is 282 g/mol. The largest absolute Gasteiger partial charge is 0.347 e. The van der Waals surface area contributed by atoms with E-state index in [1.165, 1.54) is 0 Å². The van der Waals surface area contributed by atoms with Crippen molar-refractivity contribution in [2.24, 2.45) is 11.8 Å². The van der Waals surface area contributed by atoms with Gasteiger partial charge in [-0.05, 0) is 18.9 Å². The van der Waals surface area contributed by atoms with Gasteiger partial charge in [-0.2, -0.15) is 0 Å². The Balaban J connectivity index is 1.97. The van der Waals surface area contributed by atoms with Gasteiger partial charge in [0.05, 0.1) is 6.04 Å². The minimum atomic E-state index is -0.0125. The highest BCUT2D eigenvalue weighted by atomic mass is 16.2. The van der Waals surface area contributed by atoms with Crippen LogP contribution in [0.1, 0.15) is 20.3 Å². The van der Waals surface area contributed by atoms with Crippen LogP contribution >= 0.6 is 0 Å². The highest BCUT2D eigenvalue weighted by Crippen LogP contribution is 2.23. The number of rotatable bonds is 4. The summed E-state index contributed by atoms with van der Waals surface area (Å²) in [6.07, 6.45) is 1.09. The Morgan fingerprint density at radius 2 is 2.05 bits per heavy atom. The van der Waals surface area contributed by atoms with Crippen LogP contribution in [-0.4, -0.2) is 74.6 Å². The zero-order valence-corrected chi connectivity index (χ0v) is 13.4. The lowest BCUT2D eigenvalue weighted by Gasteiger charge is -2.39. The Bertz CT molecular complexity index is 332. The first-order chi connectivity index (χ1) is 9.49. The van der Waals surface area contributed by atoms with Gasteiger partial charge in [-0.1, -0.05) is 13.8 Å². The van der Waals surface area contributed by atoms with Gasteiger partial charge in [-0.3, -0.25) is 4.79 Å². The Morgan fingerprint density at radius 3 is 2.70 bits per heavy atom. The molecule has 0 aliphatic carbocycles. The molecule has 0 aromatic rings. The number of nitrogens with zero attached hydrogens (tertiary/aromatic N) is 2. The first kappa shape index (κ1) is 15.7. The average Bonchev–Trinajstić information content (AvgIpc) is 2.86. The molecule has 2 aliphatic rings. The van der Waals surface area contributed by atoms with Crippen LogP contribution < -0.4 is 10.6 Å². The van der Waals surface area contributed by atoms with Gasteiger partial charge in [-0.15, -0.1) is 0 Å². The maximum atomic E-state index is 12.3. The van der Waals surface area contributed by atoms with Gasteiger partial charge >= 0.3 is 0 Å². The lowest BCUT2D eigenvalue weighted by atomic mass is 9.89. The molecule has 0 radical (unpaired) electrons. The number of hydrogen-bond acceptors (Lipinski definition) is 4. The summed E-state index contributed by atoms with van der Waals surface area (Å²) in [6, 6.07) is 0.424. The molecule has 2 aliphatic heterocycles. The summed E-state index contributed by atoms with van der Waals surface area (Å²) in [5, 5.41) is 7.03. The molecule has 3 unspecified atom stereocenters. The van der Waals surface area contributed by atoms with E-state index in [-0.39, 0.29) is 11.9 Å². The van der Waals surface area contributed by atoms with E-state index in [0.717, 1.165) is 39.1 Å². The molecular formula is C15H30N4O. The van der Waals surface area contributed by atoms with Crippen LogP contribution in [0.2, 0.25) is 0 Å². The van der Waals surface area contributed by atoms with E-state index in [4.69, 9.17) is 0 Å². The molecule has 2 heterocycles. The first-order valence-electron chi connectivity index (χ1n) is 7.89. The normalized spacial score (nSPS) is 31.8. The number of nitrogens with one attached hydrogen (secondary N) is 2. The standard InChI is InChI=1S/C15H30N4O/c1-11(2)9-19-8-7-16-13(10-19)12-5-6-17-14(12)15(20)18(3)4/h11-14,16-17H,5-10H2,1-4H3. The van der Waals surface area contributed by atoms with Crippen LogP contribution in [-0.2, 0) is 4.79 Å². The van der Waals surface area contributed by atoms with Crippen molar-refractivity contribution in [3.63, 3.8) is 0 Å². The molecule has 5 nitrogen and oxygen atoms in total. The molecule has 116 valence electrons. The van der Waals surface area contributed by atoms with Crippen LogP contribution in [0.5, 0.6) is 0 Å². The minimum absolute atomic E-state index is 0.0125. The Labute approximate surface area is 123 Å². The van der Waals surface area contributed by atoms with Crippen LogP contribution in [0, 0.1) is 11.8 Å². The van der Waals surface area contributed by atoms with E-state index in [1.807, 2.05) is 14.1 Å². The number of carbonyl (C=O) groups is 1. The SMILES string of the molecule is CC(C)CN1CCNC(C2CCNC2C(=O)N(C)C)C1. The lowest BCUT2D eigenvalue weighted by Crippen LogP contribution is -2.58. The number of piperazine rings is 1. The number of likely N-dealkylation sites (N-methyl/N-ethyl adjacent to an activating group) is 1. The van der Waals surface area contributed by atoms with Crippen LogP contribution in [0.15, 0.2) is 0 Å². The molecule has 5 heteroatoms. The summed E-state index contributed by atoms with van der Waals surface area (Å²) in [7, 11) is 3.69. The quantitative estimate of drug-likeness (QED) is 0.761. The Hall–Kier alpha value is -0.650. The molecular weight excluding hydrogens is 252 g/mol. The second kappa shape index (κ2) is 6.87. The van der Waals surface area contributed by atoms with Crippen molar-refractivity contribution in [3.8, 4) is 0 Å². The number of carbonyl (C=O) groups excluding carboxylic acids is 1. The Morgan fingerprint density at radius 1 is 1.30 bits per heavy atom. The van der Waals surface area contributed by atoms with Gasteiger partial charge < -0.3 is 20.4 Å². The fraction of sp³-hybridized carbons (Fsp3) is 0.933. The monoisotopic (exact) mass is 282 g/mol. The lowest BCUT2D eigenvalue weighted by molar-refractivity contribution is -0.131. The van der Waals surface area contributed by atoms with Gasteiger partial charge in [0.25, 0.3) is 0 Å². The number of amides is 1. The van der Waals surface area contributed by atoms with Gasteiger partial charge in [0.2, 0.25) is 5.91 Å². The maximum Gasteiger partial charge on any atom is 0.239 e. The van der Waals surface area contributed by atoms with Crippen molar-refractivity contribution in [2.75, 3.05) is 46.8 Å². The van der Waals surface area contributed by atoms with Crippen molar-refractivity contribution in [2.45, 2.75) is 32.4 Å². The van der Waals surface area contributed by atoms with E-state index in [9.17, 15) is 4.79 Å². The van der Waals surface area contributed by atoms with E-state index in [0.29, 0.717) is 17.9 Å². The summed E-state index contributed by atoms with van der Waals surface area (Å²) in [6.45, 7) is 9.89. The maximum absolute atomic E-state index is 12.3. The Kier molecular flexibility index (Phi) is 5.41. The fourth-order valence-corrected chi connectivity index (χ4v) is 3.52. The molecule has 20 heavy (non-hydrogen) atoms. The molecule has 2 rings (SSSR count). The third-order valence-electron chi connectivity index (χ3n) is 4.41. The highest BCUT2D eigenvalue weighted by Gasteiger charge is 2.39.